The first kappa shape index (κ1) is 29.1. The summed E-state index contributed by atoms with van der Waals surface area (Å²) in [6.45, 7) is 3.58. The number of amides is 1. The third-order valence-corrected chi connectivity index (χ3v) is 7.28. The number of ether oxygens (including phenoxy) is 3. The minimum atomic E-state index is -4.55. The lowest BCUT2D eigenvalue weighted by Crippen LogP contribution is -2.30. The van der Waals surface area contributed by atoms with E-state index >= 15 is 0 Å². The molecule has 1 N–H and O–H groups in total. The van der Waals surface area contributed by atoms with Gasteiger partial charge in [0.15, 0.2) is 11.5 Å². The number of fused-ring (bicyclic) bond motifs is 1. The molecule has 1 fully saturated rings. The summed E-state index contributed by atoms with van der Waals surface area (Å²) in [5.41, 5.74) is 0.995. The number of carbonyl (C=O) groups is 1. The van der Waals surface area contributed by atoms with Gasteiger partial charge >= 0.3 is 6.18 Å². The molecule has 0 unspecified atom stereocenters. The molecule has 0 bridgehead atoms. The van der Waals surface area contributed by atoms with Gasteiger partial charge in [-0.15, -0.1) is 0 Å². The van der Waals surface area contributed by atoms with E-state index in [-0.39, 0.29) is 29.2 Å². The van der Waals surface area contributed by atoms with Crippen LogP contribution < -0.4 is 19.5 Å². The van der Waals surface area contributed by atoms with E-state index in [4.69, 9.17) is 14.2 Å². The first-order valence-electron chi connectivity index (χ1n) is 13.6. The highest BCUT2D eigenvalue weighted by molar-refractivity contribution is 6.04. The van der Waals surface area contributed by atoms with Gasteiger partial charge in [-0.1, -0.05) is 18.6 Å². The van der Waals surface area contributed by atoms with Gasteiger partial charge in [0.25, 0.3) is 5.91 Å². The zero-order valence-corrected chi connectivity index (χ0v) is 23.5. The van der Waals surface area contributed by atoms with Crippen LogP contribution in [0.3, 0.4) is 0 Å². The fourth-order valence-corrected chi connectivity index (χ4v) is 5.01. The summed E-state index contributed by atoms with van der Waals surface area (Å²) in [5, 5.41) is 3.17. The van der Waals surface area contributed by atoms with Gasteiger partial charge in [-0.05, 0) is 74.3 Å². The number of piperidine rings is 1. The molecule has 2 heterocycles. The number of hydrogen-bond acceptors (Lipinski definition) is 7. The number of rotatable bonds is 8. The largest absolute Gasteiger partial charge is 0.493 e. The van der Waals surface area contributed by atoms with Crippen LogP contribution >= 0.6 is 0 Å². The number of alkyl halides is 3. The zero-order chi connectivity index (χ0) is 29.9. The Labute approximate surface area is 241 Å². The minimum absolute atomic E-state index is 0.0561. The molecule has 11 heteroatoms. The van der Waals surface area contributed by atoms with Crippen molar-refractivity contribution >= 4 is 22.5 Å². The highest BCUT2D eigenvalue weighted by atomic mass is 19.4. The van der Waals surface area contributed by atoms with Crippen LogP contribution in [-0.2, 0) is 12.7 Å². The summed E-state index contributed by atoms with van der Waals surface area (Å²) in [4.78, 5) is 23.7. The molecule has 1 amide bonds. The SMILES string of the molecule is COc1cc2ncnc(Oc3cc(C(=O)Nc4ccc(CN5CCCCC5)c(C(F)(F)F)c4)ccc3C)c2cc1OC. The summed E-state index contributed by atoms with van der Waals surface area (Å²) >= 11 is 0. The number of hydrogen-bond donors (Lipinski definition) is 1. The van der Waals surface area contributed by atoms with Crippen molar-refractivity contribution in [3.05, 3.63) is 77.1 Å². The number of halogens is 3. The van der Waals surface area contributed by atoms with Crippen molar-refractivity contribution in [3.63, 3.8) is 0 Å². The van der Waals surface area contributed by atoms with Crippen LogP contribution in [-0.4, -0.2) is 48.1 Å². The molecule has 42 heavy (non-hydrogen) atoms. The lowest BCUT2D eigenvalue weighted by atomic mass is 10.0. The van der Waals surface area contributed by atoms with Gasteiger partial charge in [0, 0.05) is 23.9 Å². The van der Waals surface area contributed by atoms with Gasteiger partial charge < -0.3 is 19.5 Å². The molecule has 4 aromatic rings. The summed E-state index contributed by atoms with van der Waals surface area (Å²) in [6.07, 6.45) is -0.145. The minimum Gasteiger partial charge on any atom is -0.493 e. The predicted molar refractivity (Wildman–Crippen MR) is 152 cm³/mol. The standard InChI is InChI=1S/C31H31F3N4O4/c1-19-7-8-20(13-26(19)42-30-23-15-27(40-2)28(41-3)16-25(23)35-18-36-30)29(39)37-22-10-9-21(24(14-22)31(32,33)34)17-38-11-5-4-6-12-38/h7-10,13-16,18H,4-6,11-12,17H2,1-3H3,(H,37,39). The summed E-state index contributed by atoms with van der Waals surface area (Å²) < 4.78 is 58.8. The maximum Gasteiger partial charge on any atom is 0.416 e. The number of nitrogens with zero attached hydrogens (tertiary/aromatic N) is 3. The number of carbonyl (C=O) groups excluding carboxylic acids is 1. The Kier molecular flexibility index (Phi) is 8.49. The number of aromatic nitrogens is 2. The van der Waals surface area contributed by atoms with Gasteiger partial charge in [0.2, 0.25) is 5.88 Å². The molecular formula is C31H31F3N4O4. The first-order valence-corrected chi connectivity index (χ1v) is 13.6. The van der Waals surface area contributed by atoms with Crippen molar-refractivity contribution in [3.8, 4) is 23.1 Å². The normalized spacial score (nSPS) is 14.0. The van der Waals surface area contributed by atoms with Crippen molar-refractivity contribution < 1.29 is 32.2 Å². The van der Waals surface area contributed by atoms with E-state index in [0.29, 0.717) is 28.2 Å². The number of methoxy groups -OCH3 is 2. The maximum absolute atomic E-state index is 14.0. The Balaban J connectivity index is 1.38. The average Bonchev–Trinajstić information content (AvgIpc) is 2.98. The molecule has 8 nitrogen and oxygen atoms in total. The predicted octanol–water partition coefficient (Wildman–Crippen LogP) is 7.00. The van der Waals surface area contributed by atoms with E-state index in [1.54, 1.807) is 31.2 Å². The van der Waals surface area contributed by atoms with Crippen molar-refractivity contribution in [2.45, 2.75) is 38.9 Å². The molecule has 1 aromatic heterocycles. The maximum atomic E-state index is 14.0. The fourth-order valence-electron chi connectivity index (χ4n) is 5.01. The molecule has 3 aromatic carbocycles. The molecule has 0 atom stereocenters. The van der Waals surface area contributed by atoms with E-state index in [9.17, 15) is 18.0 Å². The average molecular weight is 581 g/mol. The van der Waals surface area contributed by atoms with Crippen LogP contribution in [0.25, 0.3) is 10.9 Å². The number of benzene rings is 3. The van der Waals surface area contributed by atoms with Gasteiger partial charge in [-0.3, -0.25) is 9.69 Å². The molecule has 0 radical (unpaired) electrons. The molecule has 220 valence electrons. The Morgan fingerprint density at radius 1 is 0.929 bits per heavy atom. The van der Waals surface area contributed by atoms with Crippen LogP contribution in [0.15, 0.2) is 54.9 Å². The lowest BCUT2D eigenvalue weighted by molar-refractivity contribution is -0.138. The Morgan fingerprint density at radius 2 is 1.67 bits per heavy atom. The molecule has 0 spiro atoms. The number of likely N-dealkylation sites (tertiary alicyclic amines) is 1. The summed E-state index contributed by atoms with van der Waals surface area (Å²) in [7, 11) is 3.04. The molecule has 5 rings (SSSR count). The Hall–Kier alpha value is -4.38. The number of aryl methyl sites for hydroxylation is 1. The van der Waals surface area contributed by atoms with Crippen molar-refractivity contribution in [2.75, 3.05) is 32.6 Å². The number of anilines is 1. The first-order chi connectivity index (χ1) is 20.2. The third kappa shape index (κ3) is 6.41. The third-order valence-electron chi connectivity index (χ3n) is 7.28. The van der Waals surface area contributed by atoms with E-state index < -0.39 is 17.6 Å². The van der Waals surface area contributed by atoms with Gasteiger partial charge in [0.05, 0.1) is 30.7 Å². The lowest BCUT2D eigenvalue weighted by Gasteiger charge is -2.27. The highest BCUT2D eigenvalue weighted by Gasteiger charge is 2.34. The van der Waals surface area contributed by atoms with Crippen molar-refractivity contribution in [1.29, 1.82) is 0 Å². The van der Waals surface area contributed by atoms with Gasteiger partial charge in [-0.25, -0.2) is 9.97 Å². The quantitative estimate of drug-likeness (QED) is 0.240. The van der Waals surface area contributed by atoms with Crippen molar-refractivity contribution in [2.24, 2.45) is 0 Å². The monoisotopic (exact) mass is 580 g/mol. The molecule has 1 aliphatic rings. The van der Waals surface area contributed by atoms with E-state index in [1.807, 2.05) is 4.90 Å². The highest BCUT2D eigenvalue weighted by Crippen LogP contribution is 2.37. The summed E-state index contributed by atoms with van der Waals surface area (Å²) in [6, 6.07) is 12.1. The second-order valence-electron chi connectivity index (χ2n) is 10.1. The van der Waals surface area contributed by atoms with Gasteiger partial charge in [-0.2, -0.15) is 13.2 Å². The second kappa shape index (κ2) is 12.2. The topological polar surface area (TPSA) is 85.8 Å². The van der Waals surface area contributed by atoms with Crippen LogP contribution in [0.1, 0.15) is 46.3 Å². The molecule has 0 saturated carbocycles. The van der Waals surface area contributed by atoms with Gasteiger partial charge in [0.1, 0.15) is 12.1 Å². The Bertz CT molecular complexity index is 1600. The summed E-state index contributed by atoms with van der Waals surface area (Å²) in [5.74, 6) is 0.981. The second-order valence-corrected chi connectivity index (χ2v) is 10.1. The molecule has 1 saturated heterocycles. The van der Waals surface area contributed by atoms with Crippen LogP contribution in [0.4, 0.5) is 18.9 Å². The zero-order valence-electron chi connectivity index (χ0n) is 23.5. The van der Waals surface area contributed by atoms with E-state index in [1.165, 1.54) is 38.7 Å². The van der Waals surface area contributed by atoms with Crippen LogP contribution in [0, 0.1) is 6.92 Å². The van der Waals surface area contributed by atoms with Crippen LogP contribution in [0.5, 0.6) is 23.1 Å². The van der Waals surface area contributed by atoms with Crippen LogP contribution in [0.2, 0.25) is 0 Å². The number of nitrogens with one attached hydrogen (secondary N) is 1. The smallest absolute Gasteiger partial charge is 0.416 e. The fraction of sp³-hybridized carbons (Fsp3) is 0.323. The van der Waals surface area contributed by atoms with E-state index in [2.05, 4.69) is 15.3 Å². The molecule has 1 aliphatic heterocycles. The van der Waals surface area contributed by atoms with E-state index in [0.717, 1.165) is 44.0 Å². The molecular weight excluding hydrogens is 549 g/mol. The Morgan fingerprint density at radius 3 is 2.38 bits per heavy atom. The molecule has 0 aliphatic carbocycles. The van der Waals surface area contributed by atoms with Crippen molar-refractivity contribution in [1.82, 2.24) is 14.9 Å².